The maximum absolute atomic E-state index is 11.6. The van der Waals surface area contributed by atoms with Crippen LogP contribution in [0.4, 0.5) is 10.6 Å². The molecular formula is C17H17N3O3S. The van der Waals surface area contributed by atoms with E-state index in [1.807, 2.05) is 54.4 Å². The standard InChI is InChI=1S/C17H17N3O3S/c1-20(15-4-2-3-9-18-15)11-23-13-7-5-12(6-8-13)10-14-16(21)19-17(22)24-14/h2-9,14H,10-11H2,1H3,(H,19,21,22)/t14-/m0/s1. The van der Waals surface area contributed by atoms with E-state index >= 15 is 0 Å². The van der Waals surface area contributed by atoms with Gasteiger partial charge in [0.15, 0.2) is 6.73 Å². The molecule has 0 unspecified atom stereocenters. The number of rotatable bonds is 6. The van der Waals surface area contributed by atoms with Crippen molar-refractivity contribution in [2.45, 2.75) is 11.7 Å². The average molecular weight is 343 g/mol. The zero-order chi connectivity index (χ0) is 16.9. The number of anilines is 1. The average Bonchev–Trinajstić information content (AvgIpc) is 2.92. The molecule has 0 saturated carbocycles. The fourth-order valence-corrected chi connectivity index (χ4v) is 3.14. The monoisotopic (exact) mass is 343 g/mol. The van der Waals surface area contributed by atoms with Gasteiger partial charge in [0.2, 0.25) is 5.91 Å². The van der Waals surface area contributed by atoms with Gasteiger partial charge in [-0.15, -0.1) is 0 Å². The van der Waals surface area contributed by atoms with E-state index in [9.17, 15) is 9.59 Å². The van der Waals surface area contributed by atoms with Gasteiger partial charge in [-0.25, -0.2) is 4.98 Å². The highest BCUT2D eigenvalue weighted by atomic mass is 32.2. The van der Waals surface area contributed by atoms with Crippen molar-refractivity contribution < 1.29 is 14.3 Å². The lowest BCUT2D eigenvalue weighted by molar-refractivity contribution is -0.118. The molecule has 1 atom stereocenters. The van der Waals surface area contributed by atoms with Gasteiger partial charge in [-0.3, -0.25) is 14.9 Å². The number of imide groups is 1. The number of hydrogen-bond donors (Lipinski definition) is 1. The van der Waals surface area contributed by atoms with Gasteiger partial charge in [0.1, 0.15) is 11.6 Å². The number of carbonyl (C=O) groups excluding carboxylic acids is 2. The van der Waals surface area contributed by atoms with Crippen LogP contribution in [0.2, 0.25) is 0 Å². The van der Waals surface area contributed by atoms with Gasteiger partial charge in [-0.2, -0.15) is 0 Å². The zero-order valence-corrected chi connectivity index (χ0v) is 14.0. The Hall–Kier alpha value is -2.54. The van der Waals surface area contributed by atoms with Crippen molar-refractivity contribution in [2.24, 2.45) is 0 Å². The van der Waals surface area contributed by atoms with Crippen LogP contribution in [0.5, 0.6) is 5.75 Å². The summed E-state index contributed by atoms with van der Waals surface area (Å²) in [7, 11) is 1.91. The van der Waals surface area contributed by atoms with Gasteiger partial charge in [-0.05, 0) is 36.2 Å². The molecule has 124 valence electrons. The van der Waals surface area contributed by atoms with Crippen molar-refractivity contribution in [3.8, 4) is 5.75 Å². The largest absolute Gasteiger partial charge is 0.473 e. The number of aromatic nitrogens is 1. The van der Waals surface area contributed by atoms with Gasteiger partial charge < -0.3 is 9.64 Å². The number of amides is 2. The molecular weight excluding hydrogens is 326 g/mol. The van der Waals surface area contributed by atoms with Crippen LogP contribution in [-0.4, -0.2) is 35.2 Å². The van der Waals surface area contributed by atoms with Crippen LogP contribution in [0.15, 0.2) is 48.7 Å². The summed E-state index contributed by atoms with van der Waals surface area (Å²) in [6, 6.07) is 13.3. The van der Waals surface area contributed by atoms with E-state index in [1.54, 1.807) is 6.20 Å². The summed E-state index contributed by atoms with van der Waals surface area (Å²) < 4.78 is 5.73. The number of nitrogens with zero attached hydrogens (tertiary/aromatic N) is 2. The molecule has 7 heteroatoms. The van der Waals surface area contributed by atoms with Gasteiger partial charge in [0.05, 0.1) is 5.25 Å². The van der Waals surface area contributed by atoms with E-state index < -0.39 is 0 Å². The summed E-state index contributed by atoms with van der Waals surface area (Å²) in [6.45, 7) is 0.381. The van der Waals surface area contributed by atoms with Gasteiger partial charge >= 0.3 is 0 Å². The molecule has 2 aromatic rings. The summed E-state index contributed by atoms with van der Waals surface area (Å²) in [6.07, 6.45) is 2.26. The Morgan fingerprint density at radius 2 is 2.00 bits per heavy atom. The van der Waals surface area contributed by atoms with Gasteiger partial charge in [0.25, 0.3) is 5.24 Å². The summed E-state index contributed by atoms with van der Waals surface area (Å²) in [4.78, 5) is 28.9. The van der Waals surface area contributed by atoms with Crippen molar-refractivity contribution in [2.75, 3.05) is 18.7 Å². The van der Waals surface area contributed by atoms with Crippen LogP contribution in [0, 0.1) is 0 Å². The SMILES string of the molecule is CN(COc1ccc(C[C@@H]2SC(=O)NC2=O)cc1)c1ccccn1. The second-order valence-corrected chi connectivity index (χ2v) is 6.57. The minimum atomic E-state index is -0.348. The summed E-state index contributed by atoms with van der Waals surface area (Å²) in [5, 5.41) is 1.67. The molecule has 1 fully saturated rings. The van der Waals surface area contributed by atoms with Crippen molar-refractivity contribution in [1.82, 2.24) is 10.3 Å². The molecule has 24 heavy (non-hydrogen) atoms. The highest BCUT2D eigenvalue weighted by Gasteiger charge is 2.31. The van der Waals surface area contributed by atoms with Crippen LogP contribution < -0.4 is 15.0 Å². The summed E-state index contributed by atoms with van der Waals surface area (Å²) in [5.74, 6) is 1.35. The van der Waals surface area contributed by atoms with E-state index in [0.717, 1.165) is 28.9 Å². The Labute approximate surface area is 144 Å². The first-order chi connectivity index (χ1) is 11.6. The Bertz CT molecular complexity index is 722. The van der Waals surface area contributed by atoms with E-state index in [1.165, 1.54) is 0 Å². The molecule has 1 N–H and O–H groups in total. The summed E-state index contributed by atoms with van der Waals surface area (Å²) >= 11 is 1.04. The number of nitrogens with one attached hydrogen (secondary N) is 1. The highest BCUT2D eigenvalue weighted by Crippen LogP contribution is 2.24. The molecule has 1 aliphatic rings. The molecule has 2 amide bonds. The number of benzene rings is 1. The van der Waals surface area contributed by atoms with Crippen LogP contribution >= 0.6 is 11.8 Å². The minimum Gasteiger partial charge on any atom is -0.473 e. The van der Waals surface area contributed by atoms with Crippen LogP contribution in [0.25, 0.3) is 0 Å². The number of ether oxygens (including phenoxy) is 1. The predicted molar refractivity (Wildman–Crippen MR) is 93.2 cm³/mol. The fourth-order valence-electron chi connectivity index (χ4n) is 2.28. The molecule has 3 rings (SSSR count). The van der Waals surface area contributed by atoms with E-state index in [0.29, 0.717) is 13.2 Å². The number of pyridine rings is 1. The lowest BCUT2D eigenvalue weighted by Crippen LogP contribution is -2.25. The fraction of sp³-hybridized carbons (Fsp3) is 0.235. The number of hydrogen-bond acceptors (Lipinski definition) is 6. The predicted octanol–water partition coefficient (Wildman–Crippen LogP) is 2.45. The number of thioether (sulfide) groups is 1. The van der Waals surface area contributed by atoms with Gasteiger partial charge in [-0.1, -0.05) is 30.0 Å². The smallest absolute Gasteiger partial charge is 0.286 e. The molecule has 6 nitrogen and oxygen atoms in total. The molecule has 0 aliphatic carbocycles. The quantitative estimate of drug-likeness (QED) is 0.813. The Balaban J connectivity index is 1.53. The van der Waals surface area contributed by atoms with Crippen LogP contribution in [0.1, 0.15) is 5.56 Å². The number of carbonyl (C=O) groups is 2. The molecule has 1 aliphatic heterocycles. The van der Waals surface area contributed by atoms with E-state index in [4.69, 9.17) is 4.74 Å². The normalized spacial score (nSPS) is 16.8. The Kier molecular flexibility index (Phi) is 5.00. The zero-order valence-electron chi connectivity index (χ0n) is 13.1. The first-order valence-electron chi connectivity index (χ1n) is 7.47. The lowest BCUT2D eigenvalue weighted by atomic mass is 10.1. The molecule has 0 radical (unpaired) electrons. The van der Waals surface area contributed by atoms with E-state index in [-0.39, 0.29) is 16.4 Å². The molecule has 2 heterocycles. The minimum absolute atomic E-state index is 0.220. The lowest BCUT2D eigenvalue weighted by Gasteiger charge is -2.18. The highest BCUT2D eigenvalue weighted by molar-refractivity contribution is 8.15. The second kappa shape index (κ2) is 7.35. The maximum atomic E-state index is 11.6. The summed E-state index contributed by atoms with van der Waals surface area (Å²) in [5.41, 5.74) is 0.989. The molecule has 0 bridgehead atoms. The first kappa shape index (κ1) is 16.3. The van der Waals surface area contributed by atoms with Crippen molar-refractivity contribution >= 4 is 28.7 Å². The Morgan fingerprint density at radius 1 is 1.21 bits per heavy atom. The second-order valence-electron chi connectivity index (χ2n) is 5.39. The third kappa shape index (κ3) is 4.05. The Morgan fingerprint density at radius 3 is 2.62 bits per heavy atom. The third-order valence-corrected chi connectivity index (χ3v) is 4.56. The van der Waals surface area contributed by atoms with Crippen molar-refractivity contribution in [3.05, 3.63) is 54.2 Å². The third-order valence-electron chi connectivity index (χ3n) is 3.58. The van der Waals surface area contributed by atoms with Crippen LogP contribution in [0.3, 0.4) is 0 Å². The molecule has 0 spiro atoms. The van der Waals surface area contributed by atoms with Crippen molar-refractivity contribution in [1.29, 1.82) is 0 Å². The van der Waals surface area contributed by atoms with Gasteiger partial charge in [0, 0.05) is 13.2 Å². The first-order valence-corrected chi connectivity index (χ1v) is 8.35. The van der Waals surface area contributed by atoms with E-state index in [2.05, 4.69) is 10.3 Å². The van der Waals surface area contributed by atoms with Crippen LogP contribution in [-0.2, 0) is 11.2 Å². The van der Waals surface area contributed by atoms with Crippen molar-refractivity contribution in [3.63, 3.8) is 0 Å². The molecule has 1 aromatic carbocycles. The molecule has 1 saturated heterocycles. The molecule has 1 aromatic heterocycles. The topological polar surface area (TPSA) is 71.5 Å². The maximum Gasteiger partial charge on any atom is 0.286 e.